The van der Waals surface area contributed by atoms with Gasteiger partial charge in [0.2, 0.25) is 10.0 Å². The monoisotopic (exact) mass is 446 g/mol. The van der Waals surface area contributed by atoms with Crippen LogP contribution in [0.4, 0.5) is 5.69 Å². The Morgan fingerprint density at radius 3 is 2.16 bits per heavy atom. The molecule has 4 rings (SSSR count). The Morgan fingerprint density at radius 1 is 0.875 bits per heavy atom. The second kappa shape index (κ2) is 9.36. The first-order chi connectivity index (χ1) is 15.5. The molecule has 32 heavy (non-hydrogen) atoms. The molecule has 1 N–H and O–H groups in total. The molecule has 4 aromatic rings. The number of rotatable bonds is 8. The third kappa shape index (κ3) is 4.57. The molecule has 0 atom stereocenters. The molecular weight excluding hydrogens is 420 g/mol. The quantitative estimate of drug-likeness (QED) is 0.386. The summed E-state index contributed by atoms with van der Waals surface area (Å²) in [4.78, 5) is 4.11. The van der Waals surface area contributed by atoms with Gasteiger partial charge in [0.15, 0.2) is 0 Å². The summed E-state index contributed by atoms with van der Waals surface area (Å²) in [6.45, 7) is 3.78. The number of para-hydroxylation sites is 1. The Labute approximate surface area is 189 Å². The fourth-order valence-electron chi connectivity index (χ4n) is 3.71. The number of benzene rings is 2. The molecule has 0 radical (unpaired) electrons. The van der Waals surface area contributed by atoms with E-state index in [4.69, 9.17) is 5.10 Å². The van der Waals surface area contributed by atoms with Crippen molar-refractivity contribution in [3.63, 3.8) is 0 Å². The minimum Gasteiger partial charge on any atom is -0.283 e. The Kier molecular flexibility index (Phi) is 6.37. The average Bonchev–Trinajstić information content (AvgIpc) is 3.27. The molecule has 0 spiro atoms. The molecule has 0 aliphatic rings. The molecule has 6 nitrogen and oxygen atoms in total. The van der Waals surface area contributed by atoms with Gasteiger partial charge < -0.3 is 0 Å². The van der Waals surface area contributed by atoms with Crippen molar-refractivity contribution in [3.8, 4) is 28.1 Å². The van der Waals surface area contributed by atoms with Gasteiger partial charge in [-0.2, -0.15) is 5.10 Å². The molecule has 0 saturated carbocycles. The lowest BCUT2D eigenvalue weighted by Gasteiger charge is -2.15. The van der Waals surface area contributed by atoms with Gasteiger partial charge >= 0.3 is 0 Å². The second-order valence-corrected chi connectivity index (χ2v) is 9.53. The van der Waals surface area contributed by atoms with Crippen LogP contribution in [0.3, 0.4) is 0 Å². The molecule has 0 fully saturated rings. The topological polar surface area (TPSA) is 76.9 Å². The predicted molar refractivity (Wildman–Crippen MR) is 129 cm³/mol. The van der Waals surface area contributed by atoms with E-state index in [1.165, 1.54) is 0 Å². The van der Waals surface area contributed by atoms with Crippen molar-refractivity contribution in [1.82, 2.24) is 14.8 Å². The number of pyridine rings is 1. The van der Waals surface area contributed by atoms with E-state index in [9.17, 15) is 8.42 Å². The predicted octanol–water partition coefficient (Wildman–Crippen LogP) is 5.53. The minimum absolute atomic E-state index is 0.399. The highest BCUT2D eigenvalue weighted by Crippen LogP contribution is 2.32. The van der Waals surface area contributed by atoms with Crippen molar-refractivity contribution in [1.29, 1.82) is 0 Å². The molecule has 0 amide bonds. The van der Waals surface area contributed by atoms with Crippen molar-refractivity contribution in [2.45, 2.75) is 31.9 Å². The van der Waals surface area contributed by atoms with Crippen LogP contribution in [0.25, 0.3) is 28.1 Å². The smallest absolute Gasteiger partial charge is 0.235 e. The fraction of sp³-hybridized carbons (Fsp3) is 0.200. The van der Waals surface area contributed by atoms with E-state index in [1.807, 2.05) is 79.3 Å². The van der Waals surface area contributed by atoms with Gasteiger partial charge in [-0.25, -0.2) is 13.1 Å². The maximum Gasteiger partial charge on any atom is 0.235 e. The molecule has 0 unspecified atom stereocenters. The van der Waals surface area contributed by atoms with E-state index >= 15 is 0 Å². The lowest BCUT2D eigenvalue weighted by molar-refractivity contribution is 0.577. The lowest BCUT2D eigenvalue weighted by atomic mass is 10.0. The van der Waals surface area contributed by atoms with Crippen molar-refractivity contribution < 1.29 is 8.42 Å². The van der Waals surface area contributed by atoms with Crippen LogP contribution in [0.2, 0.25) is 0 Å². The maximum atomic E-state index is 12.6. The molecule has 0 saturated heterocycles. The Morgan fingerprint density at radius 2 is 1.53 bits per heavy atom. The minimum atomic E-state index is -3.41. The highest BCUT2D eigenvalue weighted by molar-refractivity contribution is 7.93. The molecule has 0 bridgehead atoms. The van der Waals surface area contributed by atoms with Crippen molar-refractivity contribution in [2.75, 3.05) is 4.72 Å². The zero-order valence-corrected chi connectivity index (χ0v) is 19.0. The third-order valence-corrected chi connectivity index (χ3v) is 7.56. The van der Waals surface area contributed by atoms with Gasteiger partial charge in [-0.3, -0.25) is 9.71 Å². The standard InChI is InChI=1S/C25H26N4O2S/c1-3-23(4-2)32(30,31)28-21-12-10-19(11-13-21)24-18-29(22-8-6-5-7-9-22)27-25(24)20-14-16-26-17-15-20/h5-18,23,28H,3-4H2,1-2H3. The molecular formula is C25H26N4O2S. The van der Waals surface area contributed by atoms with Crippen LogP contribution in [0, 0.1) is 0 Å². The van der Waals surface area contributed by atoms with Gasteiger partial charge in [-0.05, 0) is 54.8 Å². The van der Waals surface area contributed by atoms with Crippen LogP contribution in [-0.4, -0.2) is 28.4 Å². The summed E-state index contributed by atoms with van der Waals surface area (Å²) in [6, 6.07) is 21.2. The summed E-state index contributed by atoms with van der Waals surface area (Å²) in [5.41, 5.74) is 5.22. The van der Waals surface area contributed by atoms with Gasteiger partial charge in [-0.15, -0.1) is 0 Å². The van der Waals surface area contributed by atoms with Gasteiger partial charge in [0.05, 0.1) is 10.9 Å². The number of hydrogen-bond donors (Lipinski definition) is 1. The summed E-state index contributed by atoms with van der Waals surface area (Å²) in [5, 5.41) is 4.43. The van der Waals surface area contributed by atoms with E-state index in [0.29, 0.717) is 18.5 Å². The molecule has 7 heteroatoms. The first kappa shape index (κ1) is 21.8. The number of anilines is 1. The van der Waals surface area contributed by atoms with Gasteiger partial charge in [0, 0.05) is 35.4 Å². The molecule has 0 aliphatic carbocycles. The molecule has 2 aromatic carbocycles. The van der Waals surface area contributed by atoms with Crippen molar-refractivity contribution >= 4 is 15.7 Å². The van der Waals surface area contributed by atoms with Crippen LogP contribution in [0.5, 0.6) is 0 Å². The van der Waals surface area contributed by atoms with E-state index in [0.717, 1.165) is 28.1 Å². The normalized spacial score (nSPS) is 11.6. The van der Waals surface area contributed by atoms with Crippen LogP contribution < -0.4 is 4.72 Å². The zero-order chi connectivity index (χ0) is 22.6. The van der Waals surface area contributed by atoms with Gasteiger partial charge in [0.1, 0.15) is 5.69 Å². The summed E-state index contributed by atoms with van der Waals surface area (Å²) in [7, 11) is -3.41. The van der Waals surface area contributed by atoms with Crippen LogP contribution >= 0.6 is 0 Å². The highest BCUT2D eigenvalue weighted by Gasteiger charge is 2.22. The van der Waals surface area contributed by atoms with Gasteiger partial charge in [-0.1, -0.05) is 44.2 Å². The Balaban J connectivity index is 1.71. The second-order valence-electron chi connectivity index (χ2n) is 7.57. The SMILES string of the molecule is CCC(CC)S(=O)(=O)Nc1ccc(-c2cn(-c3ccccc3)nc2-c2ccncc2)cc1. The summed E-state index contributed by atoms with van der Waals surface area (Å²) in [6.07, 6.45) is 6.65. The molecule has 0 aliphatic heterocycles. The third-order valence-electron chi connectivity index (χ3n) is 5.49. The molecule has 2 aromatic heterocycles. The fourth-order valence-corrected chi connectivity index (χ4v) is 5.22. The van der Waals surface area contributed by atoms with E-state index in [2.05, 4.69) is 9.71 Å². The first-order valence-corrected chi connectivity index (χ1v) is 12.2. The summed E-state index contributed by atoms with van der Waals surface area (Å²) < 4.78 is 29.7. The van der Waals surface area contributed by atoms with Crippen molar-refractivity contribution in [3.05, 3.63) is 85.3 Å². The Hall–Kier alpha value is -3.45. The van der Waals surface area contributed by atoms with Crippen LogP contribution in [0.15, 0.2) is 85.3 Å². The van der Waals surface area contributed by atoms with Crippen LogP contribution in [0.1, 0.15) is 26.7 Å². The number of sulfonamides is 1. The van der Waals surface area contributed by atoms with Crippen LogP contribution in [-0.2, 0) is 10.0 Å². The summed E-state index contributed by atoms with van der Waals surface area (Å²) in [5.74, 6) is 0. The number of nitrogens with zero attached hydrogens (tertiary/aromatic N) is 3. The lowest BCUT2D eigenvalue weighted by Crippen LogP contribution is -2.26. The van der Waals surface area contributed by atoms with Crippen molar-refractivity contribution in [2.24, 2.45) is 0 Å². The number of nitrogens with one attached hydrogen (secondary N) is 1. The van der Waals surface area contributed by atoms with E-state index < -0.39 is 15.3 Å². The Bertz CT molecular complexity index is 1260. The summed E-state index contributed by atoms with van der Waals surface area (Å²) >= 11 is 0. The highest BCUT2D eigenvalue weighted by atomic mass is 32.2. The van der Waals surface area contributed by atoms with E-state index in [-0.39, 0.29) is 0 Å². The molecule has 2 heterocycles. The zero-order valence-electron chi connectivity index (χ0n) is 18.1. The number of hydrogen-bond acceptors (Lipinski definition) is 4. The number of aromatic nitrogens is 3. The van der Waals surface area contributed by atoms with E-state index in [1.54, 1.807) is 24.5 Å². The van der Waals surface area contributed by atoms with Gasteiger partial charge in [0.25, 0.3) is 0 Å². The first-order valence-electron chi connectivity index (χ1n) is 10.7. The maximum absolute atomic E-state index is 12.6. The average molecular weight is 447 g/mol. The molecule has 164 valence electrons. The largest absolute Gasteiger partial charge is 0.283 e.